The van der Waals surface area contributed by atoms with Crippen LogP contribution < -0.4 is 5.32 Å². The fourth-order valence-electron chi connectivity index (χ4n) is 2.04. The summed E-state index contributed by atoms with van der Waals surface area (Å²) in [6, 6.07) is 12.2. The first kappa shape index (κ1) is 18.0. The number of nitrogens with zero attached hydrogens (tertiary/aromatic N) is 2. The zero-order valence-corrected chi connectivity index (χ0v) is 15.8. The van der Waals surface area contributed by atoms with E-state index in [4.69, 9.17) is 23.2 Å². The van der Waals surface area contributed by atoms with Gasteiger partial charge in [-0.1, -0.05) is 35.0 Å². The molecule has 1 aromatic heterocycles. The maximum Gasteiger partial charge on any atom is 0.272 e. The number of anilines is 1. The molecule has 5 nitrogen and oxygen atoms in total. The smallest absolute Gasteiger partial charge is 0.272 e. The van der Waals surface area contributed by atoms with E-state index in [-0.39, 0.29) is 5.69 Å². The van der Waals surface area contributed by atoms with Crippen molar-refractivity contribution in [1.29, 1.82) is 0 Å². The predicted octanol–water partition coefficient (Wildman–Crippen LogP) is 6.12. The van der Waals surface area contributed by atoms with Gasteiger partial charge in [-0.3, -0.25) is 10.1 Å². The lowest BCUT2D eigenvalue weighted by Crippen LogP contribution is -1.99. The zero-order valence-electron chi connectivity index (χ0n) is 12.6. The van der Waals surface area contributed by atoms with Gasteiger partial charge in [0.05, 0.1) is 11.5 Å². The van der Waals surface area contributed by atoms with Crippen LogP contribution in [-0.4, -0.2) is 9.91 Å². The number of nitro benzene ring substituents is 1. The van der Waals surface area contributed by atoms with Crippen molar-refractivity contribution >= 4 is 57.7 Å². The van der Waals surface area contributed by atoms with Gasteiger partial charge in [0.2, 0.25) is 0 Å². The maximum absolute atomic E-state index is 11.2. The van der Waals surface area contributed by atoms with Gasteiger partial charge in [0.1, 0.15) is 0 Å². The lowest BCUT2D eigenvalue weighted by Gasteiger charge is -2.08. The number of thiazole rings is 1. The number of hydrogen-bond acceptors (Lipinski definition) is 6. The van der Waals surface area contributed by atoms with Crippen LogP contribution in [0.15, 0.2) is 58.5 Å². The summed E-state index contributed by atoms with van der Waals surface area (Å²) in [7, 11) is 0. The highest BCUT2D eigenvalue weighted by molar-refractivity contribution is 7.99. The SMILES string of the molecule is O=[N+]([O-])c1cc(NCc2cnc(Cl)s2)cc(Sc2ccc(Cl)cc2)c1. The van der Waals surface area contributed by atoms with Crippen LogP contribution in [0.2, 0.25) is 9.49 Å². The summed E-state index contributed by atoms with van der Waals surface area (Å²) in [6.45, 7) is 0.497. The minimum Gasteiger partial charge on any atom is -0.380 e. The van der Waals surface area contributed by atoms with Gasteiger partial charge in [0.25, 0.3) is 5.69 Å². The Morgan fingerprint density at radius 1 is 1.16 bits per heavy atom. The third-order valence-electron chi connectivity index (χ3n) is 3.14. The van der Waals surface area contributed by atoms with E-state index in [9.17, 15) is 10.1 Å². The van der Waals surface area contributed by atoms with Gasteiger partial charge in [0, 0.05) is 43.7 Å². The van der Waals surface area contributed by atoms with Crippen molar-refractivity contribution in [2.75, 3.05) is 5.32 Å². The Bertz CT molecular complexity index is 901. The largest absolute Gasteiger partial charge is 0.380 e. The third-order valence-corrected chi connectivity index (χ3v) is 5.49. The van der Waals surface area contributed by atoms with Gasteiger partial charge >= 0.3 is 0 Å². The predicted molar refractivity (Wildman–Crippen MR) is 103 cm³/mol. The molecule has 1 N–H and O–H groups in total. The van der Waals surface area contributed by atoms with Crippen molar-refractivity contribution in [3.05, 3.63) is 73.1 Å². The molecule has 3 rings (SSSR count). The molecular weight excluding hydrogens is 401 g/mol. The van der Waals surface area contributed by atoms with Crippen molar-refractivity contribution in [2.45, 2.75) is 16.3 Å². The van der Waals surface area contributed by atoms with E-state index in [1.807, 2.05) is 18.2 Å². The molecule has 0 saturated heterocycles. The molecule has 0 atom stereocenters. The molecule has 0 radical (unpaired) electrons. The Labute approximate surface area is 162 Å². The molecule has 9 heteroatoms. The van der Waals surface area contributed by atoms with Crippen LogP contribution in [0.4, 0.5) is 11.4 Å². The van der Waals surface area contributed by atoms with Crippen molar-refractivity contribution in [3.63, 3.8) is 0 Å². The van der Waals surface area contributed by atoms with Crippen molar-refractivity contribution in [2.24, 2.45) is 0 Å². The van der Waals surface area contributed by atoms with Crippen LogP contribution in [0.3, 0.4) is 0 Å². The van der Waals surface area contributed by atoms with E-state index in [1.165, 1.54) is 29.2 Å². The maximum atomic E-state index is 11.2. The first-order valence-electron chi connectivity index (χ1n) is 7.06. The highest BCUT2D eigenvalue weighted by atomic mass is 35.5. The molecule has 0 spiro atoms. The first-order valence-corrected chi connectivity index (χ1v) is 9.45. The van der Waals surface area contributed by atoms with Gasteiger partial charge in [-0.15, -0.1) is 11.3 Å². The normalized spacial score (nSPS) is 10.6. The Kier molecular flexibility index (Phi) is 5.80. The molecule has 0 aliphatic carbocycles. The summed E-state index contributed by atoms with van der Waals surface area (Å²) in [5, 5.41) is 15.0. The second kappa shape index (κ2) is 8.05. The standard InChI is InChI=1S/C16H11Cl2N3O2S2/c17-10-1-3-13(4-2-10)24-14-6-11(5-12(7-14)21(22)23)19-8-15-9-20-16(18)25-15/h1-7,9,19H,8H2. The number of nitro groups is 1. The molecule has 25 heavy (non-hydrogen) atoms. The second-order valence-electron chi connectivity index (χ2n) is 4.96. The molecule has 1 heterocycles. The molecule has 128 valence electrons. The Morgan fingerprint density at radius 3 is 2.56 bits per heavy atom. The van der Waals surface area contributed by atoms with Gasteiger partial charge < -0.3 is 5.32 Å². The number of rotatable bonds is 6. The summed E-state index contributed by atoms with van der Waals surface area (Å²) in [4.78, 5) is 17.4. The first-order chi connectivity index (χ1) is 12.0. The van der Waals surface area contributed by atoms with Crippen LogP contribution >= 0.6 is 46.3 Å². The van der Waals surface area contributed by atoms with Crippen LogP contribution in [0, 0.1) is 10.1 Å². The average molecular weight is 412 g/mol. The fraction of sp³-hybridized carbons (Fsp3) is 0.0625. The van der Waals surface area contributed by atoms with Gasteiger partial charge in [0.15, 0.2) is 4.47 Å². The molecule has 2 aromatic carbocycles. The van der Waals surface area contributed by atoms with Gasteiger partial charge in [-0.05, 0) is 30.3 Å². The molecule has 0 amide bonds. The molecule has 3 aromatic rings. The number of halogens is 2. The van der Waals surface area contributed by atoms with Crippen LogP contribution in [0.25, 0.3) is 0 Å². The molecule has 0 unspecified atom stereocenters. The quantitative estimate of drug-likeness (QED) is 0.390. The Morgan fingerprint density at radius 2 is 1.92 bits per heavy atom. The van der Waals surface area contributed by atoms with Crippen LogP contribution in [0.5, 0.6) is 0 Å². The summed E-state index contributed by atoms with van der Waals surface area (Å²) in [5.74, 6) is 0. The zero-order chi connectivity index (χ0) is 17.8. The number of aromatic nitrogens is 1. The van der Waals surface area contributed by atoms with Gasteiger partial charge in [-0.2, -0.15) is 0 Å². The van der Waals surface area contributed by atoms with E-state index in [1.54, 1.807) is 24.4 Å². The summed E-state index contributed by atoms with van der Waals surface area (Å²) >= 11 is 14.5. The van der Waals surface area contributed by atoms with Gasteiger partial charge in [-0.25, -0.2) is 4.98 Å². The van der Waals surface area contributed by atoms with Crippen molar-refractivity contribution < 1.29 is 4.92 Å². The molecular formula is C16H11Cl2N3O2S2. The van der Waals surface area contributed by atoms with E-state index in [0.717, 1.165) is 14.7 Å². The van der Waals surface area contributed by atoms with E-state index >= 15 is 0 Å². The molecule has 0 fully saturated rings. The lowest BCUT2D eigenvalue weighted by molar-refractivity contribution is -0.385. The van der Waals surface area contributed by atoms with E-state index < -0.39 is 4.92 Å². The number of hydrogen-bond donors (Lipinski definition) is 1. The molecule has 0 saturated carbocycles. The van der Waals surface area contributed by atoms with Crippen LogP contribution in [0.1, 0.15) is 4.88 Å². The summed E-state index contributed by atoms with van der Waals surface area (Å²) in [5.41, 5.74) is 0.694. The number of non-ortho nitro benzene ring substituents is 1. The van der Waals surface area contributed by atoms with Crippen LogP contribution in [-0.2, 0) is 6.54 Å². The highest BCUT2D eigenvalue weighted by Crippen LogP contribution is 2.33. The average Bonchev–Trinajstić information content (AvgIpc) is 3.00. The summed E-state index contributed by atoms with van der Waals surface area (Å²) < 4.78 is 0.467. The highest BCUT2D eigenvalue weighted by Gasteiger charge is 2.11. The summed E-state index contributed by atoms with van der Waals surface area (Å²) in [6.07, 6.45) is 1.68. The Balaban J connectivity index is 1.81. The van der Waals surface area contributed by atoms with E-state index in [2.05, 4.69) is 10.3 Å². The molecule has 0 aliphatic rings. The minimum atomic E-state index is -0.402. The third kappa shape index (κ3) is 5.09. The topological polar surface area (TPSA) is 68.1 Å². The fourth-order valence-corrected chi connectivity index (χ4v) is 4.00. The second-order valence-corrected chi connectivity index (χ2v) is 8.24. The lowest BCUT2D eigenvalue weighted by atomic mass is 10.3. The number of benzene rings is 2. The van der Waals surface area contributed by atoms with E-state index in [0.29, 0.717) is 21.7 Å². The van der Waals surface area contributed by atoms with Crippen molar-refractivity contribution in [3.8, 4) is 0 Å². The van der Waals surface area contributed by atoms with Crippen molar-refractivity contribution in [1.82, 2.24) is 4.98 Å². The minimum absolute atomic E-state index is 0.0313. The molecule has 0 aliphatic heterocycles. The number of nitrogens with one attached hydrogen (secondary N) is 1. The Hall–Kier alpha value is -1.80. The molecule has 0 bridgehead atoms. The monoisotopic (exact) mass is 411 g/mol.